The van der Waals surface area contributed by atoms with Gasteiger partial charge in [0.1, 0.15) is 5.75 Å². The van der Waals surface area contributed by atoms with E-state index in [4.69, 9.17) is 13.6 Å². The van der Waals surface area contributed by atoms with Crippen LogP contribution >= 0.6 is 15.9 Å². The zero-order valence-electron chi connectivity index (χ0n) is 15.4. The number of anilines is 2. The Bertz CT molecular complexity index is 1030. The van der Waals surface area contributed by atoms with Gasteiger partial charge in [0, 0.05) is 18.7 Å². The quantitative estimate of drug-likeness (QED) is 0.597. The van der Waals surface area contributed by atoms with Crippen LogP contribution in [0.5, 0.6) is 5.75 Å². The summed E-state index contributed by atoms with van der Waals surface area (Å²) in [4.78, 5) is 26.2. The van der Waals surface area contributed by atoms with E-state index < -0.39 is 5.91 Å². The Hall–Kier alpha value is -3.14. The van der Waals surface area contributed by atoms with Crippen LogP contribution in [-0.2, 0) is 4.79 Å². The van der Waals surface area contributed by atoms with Gasteiger partial charge in [0.05, 0.1) is 12.5 Å². The van der Waals surface area contributed by atoms with E-state index in [9.17, 15) is 9.59 Å². The first-order valence-corrected chi connectivity index (χ1v) is 9.76. The summed E-state index contributed by atoms with van der Waals surface area (Å²) in [6, 6.07) is 10.4. The molecule has 1 atom stereocenters. The smallest absolute Gasteiger partial charge is 0.322 e. The van der Waals surface area contributed by atoms with Crippen LogP contribution < -0.4 is 15.0 Å². The maximum Gasteiger partial charge on any atom is 0.322 e. The lowest BCUT2D eigenvalue weighted by molar-refractivity contribution is -0.117. The molecule has 1 saturated heterocycles. The molecule has 1 aromatic carbocycles. The van der Waals surface area contributed by atoms with E-state index in [1.807, 2.05) is 31.2 Å². The molecule has 10 heteroatoms. The summed E-state index contributed by atoms with van der Waals surface area (Å²) in [6.07, 6.45) is 0.244. The molecule has 0 unspecified atom stereocenters. The fraction of sp³-hybridized carbons (Fsp3) is 0.263. The van der Waals surface area contributed by atoms with Gasteiger partial charge in [0.25, 0.3) is 5.91 Å². The van der Waals surface area contributed by atoms with Crippen molar-refractivity contribution in [3.63, 3.8) is 0 Å². The first kappa shape index (κ1) is 19.2. The third-order valence-electron chi connectivity index (χ3n) is 4.39. The molecule has 1 aliphatic rings. The number of furan rings is 1. The maximum atomic E-state index is 12.5. The average molecular weight is 461 g/mol. The fourth-order valence-electron chi connectivity index (χ4n) is 3.06. The van der Waals surface area contributed by atoms with Gasteiger partial charge < -0.3 is 18.5 Å². The molecule has 0 radical (unpaired) electrons. The predicted molar refractivity (Wildman–Crippen MR) is 106 cm³/mol. The van der Waals surface area contributed by atoms with Crippen molar-refractivity contribution >= 4 is 39.4 Å². The molecule has 9 nitrogen and oxygen atoms in total. The number of benzene rings is 1. The molecule has 2 amide bonds. The molecule has 3 aromatic rings. The number of carbonyl (C=O) groups is 2. The molecule has 3 heterocycles. The van der Waals surface area contributed by atoms with Gasteiger partial charge in [-0.25, -0.2) is 0 Å². The zero-order valence-corrected chi connectivity index (χ0v) is 17.0. The number of aromatic nitrogens is 2. The summed E-state index contributed by atoms with van der Waals surface area (Å²) >= 11 is 3.14. The monoisotopic (exact) mass is 460 g/mol. The highest BCUT2D eigenvalue weighted by Crippen LogP contribution is 2.32. The number of hydrogen-bond donors (Lipinski definition) is 1. The lowest BCUT2D eigenvalue weighted by Gasteiger charge is -2.16. The van der Waals surface area contributed by atoms with Crippen LogP contribution in [0.15, 0.2) is 49.9 Å². The van der Waals surface area contributed by atoms with E-state index in [2.05, 4.69) is 31.4 Å². The van der Waals surface area contributed by atoms with Gasteiger partial charge in [-0.2, -0.15) is 0 Å². The Morgan fingerprint density at radius 1 is 1.24 bits per heavy atom. The van der Waals surface area contributed by atoms with E-state index in [1.165, 1.54) is 6.07 Å². The minimum atomic E-state index is -0.510. The summed E-state index contributed by atoms with van der Waals surface area (Å²) in [5.41, 5.74) is 0.775. The number of nitrogens with one attached hydrogen (secondary N) is 1. The number of halogens is 1. The zero-order chi connectivity index (χ0) is 20.4. The second-order valence-electron chi connectivity index (χ2n) is 6.34. The summed E-state index contributed by atoms with van der Waals surface area (Å²) in [5, 5.41) is 10.3. The lowest BCUT2D eigenvalue weighted by atomic mass is 10.1. The molecular formula is C19H17BrN4O5. The summed E-state index contributed by atoms with van der Waals surface area (Å²) in [6.45, 7) is 2.90. The van der Waals surface area contributed by atoms with Crippen LogP contribution in [0.1, 0.15) is 35.7 Å². The molecule has 0 bridgehead atoms. The highest BCUT2D eigenvalue weighted by Gasteiger charge is 2.35. The average Bonchev–Trinajstić information content (AvgIpc) is 3.43. The van der Waals surface area contributed by atoms with E-state index in [0.717, 1.165) is 11.4 Å². The SMILES string of the molecule is CCOc1ccc(N2C[C@H](c3nnc(NC(=O)c4ccc(Br)o4)o3)CC2=O)cc1. The molecule has 1 aliphatic heterocycles. The second kappa shape index (κ2) is 8.08. The topological polar surface area (TPSA) is 111 Å². The Labute approximate surface area is 174 Å². The maximum absolute atomic E-state index is 12.5. The lowest BCUT2D eigenvalue weighted by Crippen LogP contribution is -2.24. The van der Waals surface area contributed by atoms with Crippen molar-refractivity contribution in [2.24, 2.45) is 0 Å². The van der Waals surface area contributed by atoms with Crippen molar-refractivity contribution in [1.29, 1.82) is 0 Å². The largest absolute Gasteiger partial charge is 0.494 e. The Kier molecular flexibility index (Phi) is 5.34. The van der Waals surface area contributed by atoms with Gasteiger partial charge >= 0.3 is 6.01 Å². The highest BCUT2D eigenvalue weighted by atomic mass is 79.9. The Morgan fingerprint density at radius 2 is 2.03 bits per heavy atom. The van der Waals surface area contributed by atoms with Crippen LogP contribution in [0.25, 0.3) is 0 Å². The van der Waals surface area contributed by atoms with E-state index in [0.29, 0.717) is 23.7 Å². The van der Waals surface area contributed by atoms with Gasteiger partial charge in [0.15, 0.2) is 10.4 Å². The molecule has 0 aliphatic carbocycles. The molecular weight excluding hydrogens is 444 g/mol. The highest BCUT2D eigenvalue weighted by molar-refractivity contribution is 9.10. The summed E-state index contributed by atoms with van der Waals surface area (Å²) < 4.78 is 16.6. The Morgan fingerprint density at radius 3 is 2.72 bits per heavy atom. The van der Waals surface area contributed by atoms with Gasteiger partial charge in [-0.15, -0.1) is 5.10 Å². The number of hydrogen-bond acceptors (Lipinski definition) is 7. The second-order valence-corrected chi connectivity index (χ2v) is 7.12. The van der Waals surface area contributed by atoms with E-state index in [-0.39, 0.29) is 30.0 Å². The normalized spacial score (nSPS) is 16.3. The molecule has 4 rings (SSSR count). The third kappa shape index (κ3) is 4.16. The van der Waals surface area contributed by atoms with Crippen LogP contribution in [0.2, 0.25) is 0 Å². The van der Waals surface area contributed by atoms with Gasteiger partial charge in [-0.1, -0.05) is 5.10 Å². The van der Waals surface area contributed by atoms with Gasteiger partial charge in [-0.3, -0.25) is 14.9 Å². The summed E-state index contributed by atoms with van der Waals surface area (Å²) in [5.74, 6) is 0.343. The third-order valence-corrected chi connectivity index (χ3v) is 4.82. The molecule has 29 heavy (non-hydrogen) atoms. The van der Waals surface area contributed by atoms with Gasteiger partial charge in [0.2, 0.25) is 11.8 Å². The fourth-order valence-corrected chi connectivity index (χ4v) is 3.36. The molecule has 150 valence electrons. The number of nitrogens with zero attached hydrogens (tertiary/aromatic N) is 3. The van der Waals surface area contributed by atoms with Crippen LogP contribution in [0.4, 0.5) is 11.7 Å². The van der Waals surface area contributed by atoms with Crippen molar-refractivity contribution in [3.8, 4) is 5.75 Å². The van der Waals surface area contributed by atoms with Crippen LogP contribution in [0, 0.1) is 0 Å². The van der Waals surface area contributed by atoms with Gasteiger partial charge in [-0.05, 0) is 59.3 Å². The number of amides is 2. The Balaban J connectivity index is 1.42. The minimum absolute atomic E-state index is 0.0385. The predicted octanol–water partition coefficient (Wildman–Crippen LogP) is 3.60. The molecule has 2 aromatic heterocycles. The molecule has 1 N–H and O–H groups in total. The van der Waals surface area contributed by atoms with Crippen LogP contribution in [0.3, 0.4) is 0 Å². The van der Waals surface area contributed by atoms with E-state index >= 15 is 0 Å². The molecule has 1 fully saturated rings. The van der Waals surface area contributed by atoms with E-state index in [1.54, 1.807) is 11.0 Å². The standard InChI is InChI=1S/C19H17BrN4O5/c1-2-27-13-5-3-12(4-6-13)24-10-11(9-16(24)25)18-22-23-19(29-18)21-17(26)14-7-8-15(20)28-14/h3-8,11H,2,9-10H2,1H3,(H,21,23,26)/t11-/m1/s1. The van der Waals surface area contributed by atoms with Crippen molar-refractivity contribution < 1.29 is 23.2 Å². The minimum Gasteiger partial charge on any atom is -0.494 e. The first-order valence-electron chi connectivity index (χ1n) is 8.97. The van der Waals surface area contributed by atoms with Crippen molar-refractivity contribution in [2.75, 3.05) is 23.4 Å². The van der Waals surface area contributed by atoms with Crippen LogP contribution in [-0.4, -0.2) is 35.2 Å². The van der Waals surface area contributed by atoms with Crippen molar-refractivity contribution in [3.05, 3.63) is 52.7 Å². The molecule has 0 spiro atoms. The summed E-state index contributed by atoms with van der Waals surface area (Å²) in [7, 11) is 0. The number of ether oxygens (including phenoxy) is 1. The number of rotatable bonds is 6. The molecule has 0 saturated carbocycles. The van der Waals surface area contributed by atoms with Crippen molar-refractivity contribution in [1.82, 2.24) is 10.2 Å². The van der Waals surface area contributed by atoms with Crippen molar-refractivity contribution in [2.45, 2.75) is 19.3 Å². The number of carbonyl (C=O) groups excluding carboxylic acids is 2. The first-order chi connectivity index (χ1) is 14.0.